The normalized spacial score (nSPS) is 12.2. The molecule has 0 fully saturated rings. The molecule has 0 aromatic heterocycles. The van der Waals surface area contributed by atoms with Crippen molar-refractivity contribution in [2.24, 2.45) is 4.99 Å². The molecule has 1 unspecified atom stereocenters. The van der Waals surface area contributed by atoms with Crippen molar-refractivity contribution in [2.45, 2.75) is 26.1 Å². The lowest BCUT2D eigenvalue weighted by atomic mass is 10.1. The fourth-order valence-corrected chi connectivity index (χ4v) is 2.80. The van der Waals surface area contributed by atoms with Crippen LogP contribution < -0.4 is 20.1 Å². The summed E-state index contributed by atoms with van der Waals surface area (Å²) in [5, 5.41) is 6.50. The highest BCUT2D eigenvalue weighted by molar-refractivity contribution is 14.0. The number of hydrogen-bond acceptors (Lipinski definition) is 4. The van der Waals surface area contributed by atoms with Crippen LogP contribution in [0.3, 0.4) is 0 Å². The van der Waals surface area contributed by atoms with E-state index in [0.29, 0.717) is 31.2 Å². The number of hydrogen-bond donors (Lipinski definition) is 2. The van der Waals surface area contributed by atoms with Gasteiger partial charge in [0.2, 0.25) is 0 Å². The van der Waals surface area contributed by atoms with Crippen LogP contribution >= 0.6 is 24.0 Å². The Morgan fingerprint density at radius 3 is 2.53 bits per heavy atom. The molecule has 0 amide bonds. The van der Waals surface area contributed by atoms with Crippen LogP contribution in [-0.4, -0.2) is 51.8 Å². The molecular formula is C22H32FIN4O2. The Morgan fingerprint density at radius 1 is 1.13 bits per heavy atom. The average Bonchev–Trinajstić information content (AvgIpc) is 2.70. The number of halogens is 2. The standard InChI is InChI=1S/C22H31FN4O2.HI/c1-16(29-20-8-6-7-19(12-20)28-5)13-25-22(24-2)26-14-17-9-10-21(23)18(11-17)15-27(3)4;/h6-12,16H,13-15H2,1-5H3,(H2,24,25,26);1H. The number of benzene rings is 2. The van der Waals surface area contributed by atoms with E-state index in [9.17, 15) is 4.39 Å². The van der Waals surface area contributed by atoms with Crippen LogP contribution in [-0.2, 0) is 13.1 Å². The lowest BCUT2D eigenvalue weighted by molar-refractivity contribution is 0.223. The maximum Gasteiger partial charge on any atom is 0.191 e. The van der Waals surface area contributed by atoms with Crippen molar-refractivity contribution in [3.05, 3.63) is 59.4 Å². The van der Waals surface area contributed by atoms with Gasteiger partial charge in [0.25, 0.3) is 0 Å². The summed E-state index contributed by atoms with van der Waals surface area (Å²) >= 11 is 0. The summed E-state index contributed by atoms with van der Waals surface area (Å²) in [4.78, 5) is 6.18. The molecule has 2 aromatic carbocycles. The fourth-order valence-electron chi connectivity index (χ4n) is 2.80. The zero-order valence-corrected chi connectivity index (χ0v) is 20.6. The Kier molecular flexibility index (Phi) is 11.5. The van der Waals surface area contributed by atoms with Crippen molar-refractivity contribution in [1.29, 1.82) is 0 Å². The third-order valence-electron chi connectivity index (χ3n) is 4.22. The SMILES string of the molecule is CN=C(NCc1ccc(F)c(CN(C)C)c1)NCC(C)Oc1cccc(OC)c1.I. The molecule has 0 heterocycles. The molecule has 2 N–H and O–H groups in total. The Morgan fingerprint density at radius 2 is 1.87 bits per heavy atom. The third kappa shape index (κ3) is 8.74. The van der Waals surface area contributed by atoms with Crippen molar-refractivity contribution in [3.63, 3.8) is 0 Å². The molecule has 0 saturated carbocycles. The molecule has 0 aliphatic carbocycles. The number of nitrogens with zero attached hydrogens (tertiary/aromatic N) is 2. The van der Waals surface area contributed by atoms with Gasteiger partial charge in [-0.1, -0.05) is 12.1 Å². The van der Waals surface area contributed by atoms with Crippen LogP contribution in [0.1, 0.15) is 18.1 Å². The minimum Gasteiger partial charge on any atom is -0.497 e. The van der Waals surface area contributed by atoms with Gasteiger partial charge in [-0.05, 0) is 50.8 Å². The molecule has 1 atom stereocenters. The predicted octanol–water partition coefficient (Wildman–Crippen LogP) is 3.65. The van der Waals surface area contributed by atoms with E-state index < -0.39 is 0 Å². The molecule has 2 aromatic rings. The quantitative estimate of drug-likeness (QED) is 0.295. The Hall–Kier alpha value is -2.07. The molecule has 2 rings (SSSR count). The molecule has 166 valence electrons. The van der Waals surface area contributed by atoms with E-state index in [1.807, 2.05) is 56.3 Å². The Bertz CT molecular complexity index is 817. The van der Waals surface area contributed by atoms with Gasteiger partial charge >= 0.3 is 0 Å². The highest BCUT2D eigenvalue weighted by Gasteiger charge is 2.08. The largest absolute Gasteiger partial charge is 0.497 e. The molecule has 0 aliphatic rings. The number of nitrogens with one attached hydrogen (secondary N) is 2. The average molecular weight is 530 g/mol. The minimum absolute atomic E-state index is 0. The van der Waals surface area contributed by atoms with Crippen LogP contribution in [0.2, 0.25) is 0 Å². The topological polar surface area (TPSA) is 58.1 Å². The van der Waals surface area contributed by atoms with Gasteiger partial charge in [-0.15, -0.1) is 24.0 Å². The van der Waals surface area contributed by atoms with Crippen molar-refractivity contribution in [1.82, 2.24) is 15.5 Å². The van der Waals surface area contributed by atoms with E-state index in [1.54, 1.807) is 20.2 Å². The first-order chi connectivity index (χ1) is 13.9. The van der Waals surface area contributed by atoms with E-state index in [0.717, 1.165) is 17.1 Å². The van der Waals surface area contributed by atoms with Gasteiger partial charge in [0, 0.05) is 31.8 Å². The number of guanidine groups is 1. The zero-order valence-electron chi connectivity index (χ0n) is 18.2. The summed E-state index contributed by atoms with van der Waals surface area (Å²) in [5.41, 5.74) is 1.67. The van der Waals surface area contributed by atoms with Crippen LogP contribution in [0, 0.1) is 5.82 Å². The molecule has 6 nitrogen and oxygen atoms in total. The van der Waals surface area contributed by atoms with Gasteiger partial charge in [-0.3, -0.25) is 4.99 Å². The predicted molar refractivity (Wildman–Crippen MR) is 130 cm³/mol. The van der Waals surface area contributed by atoms with Crippen molar-refractivity contribution in [3.8, 4) is 11.5 Å². The first-order valence-electron chi connectivity index (χ1n) is 9.58. The Balaban J connectivity index is 0.00000450. The second kappa shape index (κ2) is 13.3. The van der Waals surface area contributed by atoms with E-state index in [-0.39, 0.29) is 35.9 Å². The maximum absolute atomic E-state index is 13.9. The molecule has 8 heteroatoms. The van der Waals surface area contributed by atoms with Gasteiger partial charge in [0.05, 0.1) is 13.7 Å². The summed E-state index contributed by atoms with van der Waals surface area (Å²) in [6, 6.07) is 12.7. The van der Waals surface area contributed by atoms with E-state index in [2.05, 4.69) is 15.6 Å². The number of ether oxygens (including phenoxy) is 2. The van der Waals surface area contributed by atoms with Gasteiger partial charge in [0.15, 0.2) is 5.96 Å². The van der Waals surface area contributed by atoms with Crippen LogP contribution in [0.4, 0.5) is 4.39 Å². The highest BCUT2D eigenvalue weighted by atomic mass is 127. The summed E-state index contributed by atoms with van der Waals surface area (Å²) in [6.45, 7) is 3.66. The van der Waals surface area contributed by atoms with Crippen molar-refractivity contribution < 1.29 is 13.9 Å². The smallest absolute Gasteiger partial charge is 0.191 e. The molecule has 0 saturated heterocycles. The van der Waals surface area contributed by atoms with Crippen molar-refractivity contribution >= 4 is 29.9 Å². The summed E-state index contributed by atoms with van der Waals surface area (Å²) in [7, 11) is 7.19. The summed E-state index contributed by atoms with van der Waals surface area (Å²) in [5.74, 6) is 1.98. The van der Waals surface area contributed by atoms with Gasteiger partial charge in [0.1, 0.15) is 23.4 Å². The number of rotatable bonds is 9. The van der Waals surface area contributed by atoms with E-state index >= 15 is 0 Å². The molecule has 0 aliphatic heterocycles. The lowest BCUT2D eigenvalue weighted by Gasteiger charge is -2.18. The van der Waals surface area contributed by atoms with Crippen LogP contribution in [0.5, 0.6) is 11.5 Å². The van der Waals surface area contributed by atoms with Crippen LogP contribution in [0.25, 0.3) is 0 Å². The second-order valence-corrected chi connectivity index (χ2v) is 7.08. The molecule has 30 heavy (non-hydrogen) atoms. The highest BCUT2D eigenvalue weighted by Crippen LogP contribution is 2.19. The van der Waals surface area contributed by atoms with E-state index in [4.69, 9.17) is 9.47 Å². The van der Waals surface area contributed by atoms with Gasteiger partial charge < -0.3 is 25.0 Å². The molecule has 0 radical (unpaired) electrons. The third-order valence-corrected chi connectivity index (χ3v) is 4.22. The number of aliphatic imine (C=N–C) groups is 1. The van der Waals surface area contributed by atoms with Gasteiger partial charge in [-0.25, -0.2) is 4.39 Å². The first kappa shape index (κ1) is 26.0. The summed E-state index contributed by atoms with van der Waals surface area (Å²) < 4.78 is 25.0. The first-order valence-corrected chi connectivity index (χ1v) is 9.58. The lowest BCUT2D eigenvalue weighted by Crippen LogP contribution is -2.41. The van der Waals surface area contributed by atoms with E-state index in [1.165, 1.54) is 6.07 Å². The number of methoxy groups -OCH3 is 1. The van der Waals surface area contributed by atoms with Crippen LogP contribution in [0.15, 0.2) is 47.5 Å². The molecule has 0 spiro atoms. The molecule has 0 bridgehead atoms. The molecular weight excluding hydrogens is 498 g/mol. The Labute approximate surface area is 195 Å². The minimum atomic E-state index is -0.187. The summed E-state index contributed by atoms with van der Waals surface area (Å²) in [6.07, 6.45) is -0.0711. The zero-order chi connectivity index (χ0) is 21.2. The van der Waals surface area contributed by atoms with Crippen molar-refractivity contribution in [2.75, 3.05) is 34.8 Å². The monoisotopic (exact) mass is 530 g/mol. The fraction of sp³-hybridized carbons (Fsp3) is 0.409. The maximum atomic E-state index is 13.9. The van der Waals surface area contributed by atoms with Gasteiger partial charge in [-0.2, -0.15) is 0 Å². The second-order valence-electron chi connectivity index (χ2n) is 7.08.